The van der Waals surface area contributed by atoms with E-state index in [0.717, 1.165) is 12.8 Å². The molecule has 1 aromatic heterocycles. The molecular weight excluding hydrogens is 282 g/mol. The standard InChI is InChI=1S/C8H12BrN3O2S/c1-12-10-7(8(9)11-12)5-15(13,14)4-6-2-3-6/h6H,2-5H2,1H3. The summed E-state index contributed by atoms with van der Waals surface area (Å²) in [5, 5.41) is 7.95. The second-order valence-electron chi connectivity index (χ2n) is 3.92. The molecule has 1 fully saturated rings. The van der Waals surface area contributed by atoms with Gasteiger partial charge in [0.05, 0.1) is 11.5 Å². The predicted molar refractivity (Wildman–Crippen MR) is 58.9 cm³/mol. The van der Waals surface area contributed by atoms with E-state index in [1.54, 1.807) is 7.05 Å². The lowest BCUT2D eigenvalue weighted by Gasteiger charge is -1.99. The number of nitrogens with zero attached hydrogens (tertiary/aromatic N) is 3. The van der Waals surface area contributed by atoms with Crippen molar-refractivity contribution >= 4 is 25.8 Å². The van der Waals surface area contributed by atoms with Crippen LogP contribution in [-0.2, 0) is 22.6 Å². The molecule has 0 aromatic carbocycles. The highest BCUT2D eigenvalue weighted by atomic mass is 79.9. The first-order chi connectivity index (χ1) is 6.96. The Kier molecular flexibility index (Phi) is 2.85. The molecule has 1 heterocycles. The zero-order valence-electron chi connectivity index (χ0n) is 8.35. The molecule has 0 unspecified atom stereocenters. The van der Waals surface area contributed by atoms with Gasteiger partial charge in [0.25, 0.3) is 0 Å². The van der Waals surface area contributed by atoms with Crippen LogP contribution < -0.4 is 0 Å². The van der Waals surface area contributed by atoms with Crippen molar-refractivity contribution in [2.24, 2.45) is 13.0 Å². The first kappa shape index (κ1) is 11.1. The molecule has 2 rings (SSSR count). The summed E-state index contributed by atoms with van der Waals surface area (Å²) in [6.07, 6.45) is 2.09. The van der Waals surface area contributed by atoms with Crippen molar-refractivity contribution in [3.8, 4) is 0 Å². The highest BCUT2D eigenvalue weighted by Gasteiger charge is 2.29. The molecule has 0 N–H and O–H groups in total. The Morgan fingerprint density at radius 2 is 2.13 bits per heavy atom. The molecule has 7 heteroatoms. The van der Waals surface area contributed by atoms with Crippen LogP contribution in [-0.4, -0.2) is 29.2 Å². The van der Waals surface area contributed by atoms with Gasteiger partial charge in [-0.25, -0.2) is 8.42 Å². The van der Waals surface area contributed by atoms with Crippen LogP contribution in [0.1, 0.15) is 18.5 Å². The molecule has 5 nitrogen and oxygen atoms in total. The summed E-state index contributed by atoms with van der Waals surface area (Å²) < 4.78 is 23.9. The fourth-order valence-electron chi connectivity index (χ4n) is 1.42. The molecule has 0 atom stereocenters. The van der Waals surface area contributed by atoms with Crippen molar-refractivity contribution in [3.63, 3.8) is 0 Å². The van der Waals surface area contributed by atoms with Gasteiger partial charge >= 0.3 is 0 Å². The van der Waals surface area contributed by atoms with E-state index in [1.165, 1.54) is 4.80 Å². The number of halogens is 1. The van der Waals surface area contributed by atoms with Gasteiger partial charge in [0.15, 0.2) is 14.4 Å². The number of sulfone groups is 1. The minimum absolute atomic E-state index is 0.0159. The van der Waals surface area contributed by atoms with Crippen LogP contribution in [0.25, 0.3) is 0 Å². The molecule has 1 aliphatic carbocycles. The van der Waals surface area contributed by atoms with Gasteiger partial charge in [0.2, 0.25) is 0 Å². The minimum atomic E-state index is -3.03. The van der Waals surface area contributed by atoms with Crippen LogP contribution in [0, 0.1) is 5.92 Å². The Bertz CT molecular complexity index is 464. The van der Waals surface area contributed by atoms with Crippen LogP contribution in [0.4, 0.5) is 0 Å². The average Bonchev–Trinajstić information content (AvgIpc) is 2.79. The van der Waals surface area contributed by atoms with E-state index in [2.05, 4.69) is 26.1 Å². The fourth-order valence-corrected chi connectivity index (χ4v) is 3.84. The van der Waals surface area contributed by atoms with Crippen LogP contribution >= 0.6 is 15.9 Å². The van der Waals surface area contributed by atoms with Gasteiger partial charge in [-0.15, -0.1) is 5.10 Å². The van der Waals surface area contributed by atoms with Crippen LogP contribution in [0.15, 0.2) is 4.60 Å². The van der Waals surface area contributed by atoms with E-state index >= 15 is 0 Å². The van der Waals surface area contributed by atoms with Gasteiger partial charge in [-0.3, -0.25) is 0 Å². The molecule has 0 bridgehead atoms. The molecule has 0 aliphatic heterocycles. The molecule has 1 aliphatic rings. The Morgan fingerprint density at radius 3 is 2.60 bits per heavy atom. The summed E-state index contributed by atoms with van der Waals surface area (Å²) in [5.41, 5.74) is 0.498. The number of aryl methyl sites for hydroxylation is 1. The maximum Gasteiger partial charge on any atom is 0.156 e. The monoisotopic (exact) mass is 293 g/mol. The van der Waals surface area contributed by atoms with Crippen molar-refractivity contribution in [3.05, 3.63) is 10.3 Å². The van der Waals surface area contributed by atoms with Crippen molar-refractivity contribution in [1.29, 1.82) is 0 Å². The average molecular weight is 294 g/mol. The van der Waals surface area contributed by atoms with Crippen molar-refractivity contribution in [2.45, 2.75) is 18.6 Å². The quantitative estimate of drug-likeness (QED) is 0.827. The maximum atomic E-state index is 11.7. The zero-order chi connectivity index (χ0) is 11.1. The van der Waals surface area contributed by atoms with Gasteiger partial charge < -0.3 is 0 Å². The van der Waals surface area contributed by atoms with Crippen LogP contribution in [0.2, 0.25) is 0 Å². The first-order valence-corrected chi connectivity index (χ1v) is 7.34. The van der Waals surface area contributed by atoms with Crippen molar-refractivity contribution < 1.29 is 8.42 Å². The van der Waals surface area contributed by atoms with E-state index in [-0.39, 0.29) is 11.5 Å². The molecule has 0 amide bonds. The molecule has 0 spiro atoms. The maximum absolute atomic E-state index is 11.7. The summed E-state index contributed by atoms with van der Waals surface area (Å²) in [4.78, 5) is 1.37. The summed E-state index contributed by atoms with van der Waals surface area (Å²) in [5.74, 6) is 0.652. The molecule has 15 heavy (non-hydrogen) atoms. The number of hydrogen-bond donors (Lipinski definition) is 0. The Morgan fingerprint density at radius 1 is 1.47 bits per heavy atom. The largest absolute Gasteiger partial charge is 0.228 e. The first-order valence-electron chi connectivity index (χ1n) is 4.72. The normalized spacial score (nSPS) is 16.9. The Hall–Kier alpha value is -0.430. The summed E-state index contributed by atoms with van der Waals surface area (Å²) in [7, 11) is -1.36. The second kappa shape index (κ2) is 3.86. The molecule has 0 saturated heterocycles. The summed E-state index contributed by atoms with van der Waals surface area (Å²) in [6.45, 7) is 0. The number of rotatable bonds is 4. The zero-order valence-corrected chi connectivity index (χ0v) is 10.8. The van der Waals surface area contributed by atoms with E-state index < -0.39 is 9.84 Å². The molecular formula is C8H12BrN3O2S. The highest BCUT2D eigenvalue weighted by molar-refractivity contribution is 9.10. The van der Waals surface area contributed by atoms with Crippen molar-refractivity contribution in [2.75, 3.05) is 5.75 Å². The third-order valence-corrected chi connectivity index (χ3v) is 4.59. The lowest BCUT2D eigenvalue weighted by atomic mass is 10.5. The third-order valence-electron chi connectivity index (χ3n) is 2.28. The van der Waals surface area contributed by atoms with E-state index in [0.29, 0.717) is 16.2 Å². The summed E-state index contributed by atoms with van der Waals surface area (Å²) >= 11 is 3.19. The summed E-state index contributed by atoms with van der Waals surface area (Å²) in [6, 6.07) is 0. The van der Waals surface area contributed by atoms with Crippen molar-refractivity contribution in [1.82, 2.24) is 15.0 Å². The smallest absolute Gasteiger partial charge is 0.156 e. The second-order valence-corrected chi connectivity index (χ2v) is 6.79. The number of hydrogen-bond acceptors (Lipinski definition) is 4. The van der Waals surface area contributed by atoms with Gasteiger partial charge in [0, 0.05) is 7.05 Å². The van der Waals surface area contributed by atoms with E-state index in [4.69, 9.17) is 0 Å². The molecule has 0 radical (unpaired) electrons. The van der Waals surface area contributed by atoms with Crippen LogP contribution in [0.3, 0.4) is 0 Å². The lowest BCUT2D eigenvalue weighted by molar-refractivity contribution is 0.589. The number of aromatic nitrogens is 3. The highest BCUT2D eigenvalue weighted by Crippen LogP contribution is 2.31. The predicted octanol–water partition coefficient (Wildman–Crippen LogP) is 0.902. The van der Waals surface area contributed by atoms with E-state index in [9.17, 15) is 8.42 Å². The van der Waals surface area contributed by atoms with Gasteiger partial charge in [-0.05, 0) is 34.7 Å². The van der Waals surface area contributed by atoms with E-state index in [1.807, 2.05) is 0 Å². The molecule has 84 valence electrons. The van der Waals surface area contributed by atoms with Gasteiger partial charge in [-0.2, -0.15) is 9.90 Å². The third kappa shape index (κ3) is 3.01. The fraction of sp³-hybridized carbons (Fsp3) is 0.750. The minimum Gasteiger partial charge on any atom is -0.228 e. The Balaban J connectivity index is 2.09. The lowest BCUT2D eigenvalue weighted by Crippen LogP contribution is -2.11. The Labute approximate surface area is 96.9 Å². The van der Waals surface area contributed by atoms with Gasteiger partial charge in [-0.1, -0.05) is 0 Å². The topological polar surface area (TPSA) is 64.8 Å². The SMILES string of the molecule is Cn1nc(Br)c(CS(=O)(=O)CC2CC2)n1. The molecule has 1 aromatic rings. The van der Waals surface area contributed by atoms with Gasteiger partial charge in [0.1, 0.15) is 5.69 Å². The molecule has 1 saturated carbocycles. The van der Waals surface area contributed by atoms with Crippen LogP contribution in [0.5, 0.6) is 0 Å².